The number of anilines is 2. The largest absolute Gasteiger partial charge is 0.459 e. The fourth-order valence-electron chi connectivity index (χ4n) is 3.60. The molecule has 180 valence electrons. The summed E-state index contributed by atoms with van der Waals surface area (Å²) in [5.41, 5.74) is 1.25. The van der Waals surface area contributed by atoms with Crippen LogP contribution in [0.2, 0.25) is 0 Å². The van der Waals surface area contributed by atoms with E-state index >= 15 is 0 Å². The SMILES string of the molecule is CCc1nc2ccc(C(=O)Nc3ccc(NC(=O)c4ccco4)cc3C(F)(F)F)cc2nc1CC. The van der Waals surface area contributed by atoms with Crippen molar-refractivity contribution in [2.45, 2.75) is 32.9 Å². The maximum Gasteiger partial charge on any atom is 0.418 e. The summed E-state index contributed by atoms with van der Waals surface area (Å²) < 4.78 is 46.2. The van der Waals surface area contributed by atoms with Gasteiger partial charge in [-0.2, -0.15) is 13.2 Å². The molecule has 4 rings (SSSR count). The van der Waals surface area contributed by atoms with Gasteiger partial charge < -0.3 is 15.1 Å². The number of rotatable bonds is 6. The number of amides is 2. The molecule has 2 aromatic heterocycles. The first-order valence-corrected chi connectivity index (χ1v) is 10.9. The number of hydrogen-bond acceptors (Lipinski definition) is 5. The molecule has 0 aliphatic heterocycles. The zero-order valence-electron chi connectivity index (χ0n) is 18.9. The maximum absolute atomic E-state index is 13.8. The molecule has 2 aromatic carbocycles. The molecule has 0 fully saturated rings. The first kappa shape index (κ1) is 23.9. The first-order chi connectivity index (χ1) is 16.7. The predicted octanol–water partition coefficient (Wildman–Crippen LogP) is 5.87. The van der Waals surface area contributed by atoms with Gasteiger partial charge in [-0.05, 0) is 61.4 Å². The van der Waals surface area contributed by atoms with Gasteiger partial charge in [0.25, 0.3) is 11.8 Å². The van der Waals surface area contributed by atoms with Crippen LogP contribution in [0.15, 0.2) is 59.2 Å². The fraction of sp³-hybridized carbons (Fsp3) is 0.200. The Kier molecular flexibility index (Phi) is 6.54. The number of halogens is 3. The third-order valence-electron chi connectivity index (χ3n) is 5.33. The fourth-order valence-corrected chi connectivity index (χ4v) is 3.60. The van der Waals surface area contributed by atoms with Crippen LogP contribution in [-0.2, 0) is 19.0 Å². The van der Waals surface area contributed by atoms with Crippen molar-refractivity contribution >= 4 is 34.2 Å². The minimum absolute atomic E-state index is 0.0485. The number of carbonyl (C=O) groups is 2. The molecule has 0 aliphatic carbocycles. The van der Waals surface area contributed by atoms with E-state index in [2.05, 4.69) is 20.6 Å². The topological polar surface area (TPSA) is 97.1 Å². The summed E-state index contributed by atoms with van der Waals surface area (Å²) in [6, 6.07) is 10.6. The molecular formula is C25H21F3N4O3. The third-order valence-corrected chi connectivity index (χ3v) is 5.33. The highest BCUT2D eigenvalue weighted by molar-refractivity contribution is 6.07. The summed E-state index contributed by atoms with van der Waals surface area (Å²) in [7, 11) is 0. The van der Waals surface area contributed by atoms with Crippen LogP contribution in [0.4, 0.5) is 24.5 Å². The number of aromatic nitrogens is 2. The van der Waals surface area contributed by atoms with Crippen molar-refractivity contribution in [3.63, 3.8) is 0 Å². The number of alkyl halides is 3. The Bertz CT molecular complexity index is 1400. The van der Waals surface area contributed by atoms with E-state index in [0.717, 1.165) is 23.5 Å². The third kappa shape index (κ3) is 5.16. The molecule has 7 nitrogen and oxygen atoms in total. The summed E-state index contributed by atoms with van der Waals surface area (Å²) in [4.78, 5) is 34.1. The second-order valence-corrected chi connectivity index (χ2v) is 7.67. The molecule has 2 amide bonds. The molecule has 0 bridgehead atoms. The molecule has 2 N–H and O–H groups in total. The van der Waals surface area contributed by atoms with Gasteiger partial charge in [-0.3, -0.25) is 9.59 Å². The van der Waals surface area contributed by atoms with E-state index < -0.39 is 29.2 Å². The first-order valence-electron chi connectivity index (χ1n) is 10.9. The molecule has 0 saturated heterocycles. The van der Waals surface area contributed by atoms with E-state index in [0.29, 0.717) is 23.9 Å². The highest BCUT2D eigenvalue weighted by atomic mass is 19.4. The minimum Gasteiger partial charge on any atom is -0.459 e. The summed E-state index contributed by atoms with van der Waals surface area (Å²) in [5.74, 6) is -1.48. The van der Waals surface area contributed by atoms with E-state index in [-0.39, 0.29) is 17.0 Å². The highest BCUT2D eigenvalue weighted by Gasteiger charge is 2.34. The lowest BCUT2D eigenvalue weighted by atomic mass is 10.1. The predicted molar refractivity (Wildman–Crippen MR) is 124 cm³/mol. The average molecular weight is 482 g/mol. The van der Waals surface area contributed by atoms with Crippen molar-refractivity contribution in [3.8, 4) is 0 Å². The standard InChI is InChI=1S/C25H21F3N4O3/c1-3-17-18(4-2)31-21-12-14(7-9-20(21)30-17)23(33)32-19-10-8-15(13-16(19)25(26,27)28)29-24(34)22-6-5-11-35-22/h5-13H,3-4H2,1-2H3,(H,29,34)(H,32,33). The van der Waals surface area contributed by atoms with Crippen LogP contribution in [0, 0.1) is 0 Å². The number of benzene rings is 2. The Morgan fingerprint density at radius 3 is 2.23 bits per heavy atom. The van der Waals surface area contributed by atoms with Crippen molar-refractivity contribution < 1.29 is 27.2 Å². The number of nitrogens with one attached hydrogen (secondary N) is 2. The monoisotopic (exact) mass is 482 g/mol. The van der Waals surface area contributed by atoms with Crippen LogP contribution >= 0.6 is 0 Å². The van der Waals surface area contributed by atoms with Crippen LogP contribution in [-0.4, -0.2) is 21.8 Å². The van der Waals surface area contributed by atoms with Crippen molar-refractivity contribution in [2.24, 2.45) is 0 Å². The molecule has 2 heterocycles. The molecule has 0 atom stereocenters. The van der Waals surface area contributed by atoms with Gasteiger partial charge in [0.15, 0.2) is 5.76 Å². The Morgan fingerprint density at radius 2 is 1.60 bits per heavy atom. The highest BCUT2D eigenvalue weighted by Crippen LogP contribution is 2.37. The number of furan rings is 1. The summed E-state index contributed by atoms with van der Waals surface area (Å²) in [6.07, 6.45) is -2.12. The molecule has 0 spiro atoms. The van der Waals surface area contributed by atoms with Crippen LogP contribution < -0.4 is 10.6 Å². The Hall–Kier alpha value is -4.21. The lowest BCUT2D eigenvalue weighted by Crippen LogP contribution is -2.18. The molecule has 0 saturated carbocycles. The maximum atomic E-state index is 13.8. The van der Waals surface area contributed by atoms with Crippen LogP contribution in [0.3, 0.4) is 0 Å². The van der Waals surface area contributed by atoms with Gasteiger partial charge in [0.2, 0.25) is 0 Å². The quantitative estimate of drug-likeness (QED) is 0.358. The van der Waals surface area contributed by atoms with Gasteiger partial charge in [-0.1, -0.05) is 13.8 Å². The summed E-state index contributed by atoms with van der Waals surface area (Å²) in [6.45, 7) is 3.92. The van der Waals surface area contributed by atoms with Crippen molar-refractivity contribution in [3.05, 3.63) is 83.1 Å². The van der Waals surface area contributed by atoms with E-state index in [4.69, 9.17) is 4.42 Å². The molecule has 4 aromatic rings. The Morgan fingerprint density at radius 1 is 0.886 bits per heavy atom. The lowest BCUT2D eigenvalue weighted by molar-refractivity contribution is -0.136. The molecular weight excluding hydrogens is 461 g/mol. The summed E-state index contributed by atoms with van der Waals surface area (Å²) >= 11 is 0. The van der Waals surface area contributed by atoms with Crippen molar-refractivity contribution in [2.75, 3.05) is 10.6 Å². The second kappa shape index (κ2) is 9.57. The number of hydrogen-bond donors (Lipinski definition) is 2. The zero-order chi connectivity index (χ0) is 25.2. The normalized spacial score (nSPS) is 11.5. The molecule has 0 aliphatic rings. The second-order valence-electron chi connectivity index (χ2n) is 7.67. The smallest absolute Gasteiger partial charge is 0.418 e. The molecule has 0 radical (unpaired) electrons. The molecule has 35 heavy (non-hydrogen) atoms. The average Bonchev–Trinajstić information content (AvgIpc) is 3.38. The number of aryl methyl sites for hydroxylation is 2. The van der Waals surface area contributed by atoms with Crippen molar-refractivity contribution in [1.82, 2.24) is 9.97 Å². The van der Waals surface area contributed by atoms with Gasteiger partial charge >= 0.3 is 6.18 Å². The van der Waals surface area contributed by atoms with Gasteiger partial charge in [-0.15, -0.1) is 0 Å². The van der Waals surface area contributed by atoms with Gasteiger partial charge in [0.05, 0.1) is 39.9 Å². The van der Waals surface area contributed by atoms with Crippen LogP contribution in [0.5, 0.6) is 0 Å². The number of carbonyl (C=O) groups excluding carboxylic acids is 2. The summed E-state index contributed by atoms with van der Waals surface area (Å²) in [5, 5.41) is 4.67. The van der Waals surface area contributed by atoms with Gasteiger partial charge in [0, 0.05) is 11.3 Å². The van der Waals surface area contributed by atoms with Gasteiger partial charge in [0.1, 0.15) is 0 Å². The number of fused-ring (bicyclic) bond motifs is 1. The van der Waals surface area contributed by atoms with Crippen LogP contribution in [0.1, 0.15) is 51.7 Å². The van der Waals surface area contributed by atoms with Crippen LogP contribution in [0.25, 0.3) is 11.0 Å². The van der Waals surface area contributed by atoms with E-state index in [9.17, 15) is 22.8 Å². The van der Waals surface area contributed by atoms with Crippen molar-refractivity contribution in [1.29, 1.82) is 0 Å². The van der Waals surface area contributed by atoms with E-state index in [1.165, 1.54) is 36.6 Å². The van der Waals surface area contributed by atoms with E-state index in [1.807, 2.05) is 13.8 Å². The number of nitrogens with zero attached hydrogens (tertiary/aromatic N) is 2. The Balaban J connectivity index is 1.61. The Labute approximate surface area is 198 Å². The minimum atomic E-state index is -4.78. The van der Waals surface area contributed by atoms with Gasteiger partial charge in [-0.25, -0.2) is 9.97 Å². The zero-order valence-corrected chi connectivity index (χ0v) is 18.9. The molecule has 0 unspecified atom stereocenters. The molecule has 10 heteroatoms. The van der Waals surface area contributed by atoms with E-state index in [1.54, 1.807) is 6.07 Å². The lowest BCUT2D eigenvalue weighted by Gasteiger charge is -2.16.